The number of nitrogens with one attached hydrogen (secondary N) is 1. The number of fused-ring (bicyclic) bond motifs is 1. The van der Waals surface area contributed by atoms with Gasteiger partial charge in [-0.3, -0.25) is 9.36 Å². The van der Waals surface area contributed by atoms with Crippen LogP contribution in [0.1, 0.15) is 32.9 Å². The lowest BCUT2D eigenvalue weighted by atomic mass is 9.99. The SMILES string of the molecule is Cc1cc(C(=O)C[NH+]2CCc3ccccc3C2)c(C)n1-c1nccs1. The fourth-order valence-corrected chi connectivity index (χ4v) is 4.53. The number of carbonyl (C=O) groups excluding carboxylic acids is 1. The van der Waals surface area contributed by atoms with Crippen molar-refractivity contribution in [3.05, 3.63) is 70.0 Å². The van der Waals surface area contributed by atoms with Crippen molar-refractivity contribution in [1.29, 1.82) is 0 Å². The normalized spacial score (nSPS) is 16.6. The molecule has 25 heavy (non-hydrogen) atoms. The van der Waals surface area contributed by atoms with Gasteiger partial charge in [-0.05, 0) is 25.5 Å². The van der Waals surface area contributed by atoms with Crippen LogP contribution in [0.5, 0.6) is 0 Å². The number of aromatic nitrogens is 2. The number of Topliss-reactive ketones (excluding diaryl/α,β-unsaturated/α-hetero) is 1. The van der Waals surface area contributed by atoms with Gasteiger partial charge < -0.3 is 4.90 Å². The van der Waals surface area contributed by atoms with Gasteiger partial charge in [-0.1, -0.05) is 24.3 Å². The Labute approximate surface area is 151 Å². The molecular formula is C20H22N3OS+. The third kappa shape index (κ3) is 3.05. The quantitative estimate of drug-likeness (QED) is 0.732. The summed E-state index contributed by atoms with van der Waals surface area (Å²) in [5.41, 5.74) is 5.70. The lowest BCUT2D eigenvalue weighted by molar-refractivity contribution is -0.907. The molecule has 0 amide bonds. The van der Waals surface area contributed by atoms with Gasteiger partial charge in [0.2, 0.25) is 5.78 Å². The minimum Gasteiger partial charge on any atom is -0.324 e. The third-order valence-electron chi connectivity index (χ3n) is 5.06. The van der Waals surface area contributed by atoms with E-state index in [-0.39, 0.29) is 5.78 Å². The zero-order valence-corrected chi connectivity index (χ0v) is 15.4. The number of hydrogen-bond donors (Lipinski definition) is 1. The average Bonchev–Trinajstić information content (AvgIpc) is 3.22. The standard InChI is InChI=1S/C20H21N3OS/c1-14-11-18(15(2)23(14)20-21-8-10-25-20)19(24)13-22-9-7-16-5-3-4-6-17(16)12-22/h3-6,8,10-11H,7,9,12-13H2,1-2H3/p+1. The molecule has 4 rings (SSSR count). The van der Waals surface area contributed by atoms with Crippen LogP contribution in [0.3, 0.4) is 0 Å². The Morgan fingerprint density at radius 1 is 1.28 bits per heavy atom. The van der Waals surface area contributed by atoms with Crippen LogP contribution in [-0.4, -0.2) is 28.4 Å². The summed E-state index contributed by atoms with van der Waals surface area (Å²) in [7, 11) is 0. The molecule has 0 spiro atoms. The zero-order valence-electron chi connectivity index (χ0n) is 14.6. The molecule has 1 unspecified atom stereocenters. The number of nitrogens with zero attached hydrogens (tertiary/aromatic N) is 2. The fourth-order valence-electron chi connectivity index (χ4n) is 3.78. The van der Waals surface area contributed by atoms with Crippen molar-refractivity contribution in [1.82, 2.24) is 9.55 Å². The van der Waals surface area contributed by atoms with Gasteiger partial charge in [0, 0.05) is 40.5 Å². The van der Waals surface area contributed by atoms with Crippen molar-refractivity contribution >= 4 is 17.1 Å². The number of rotatable bonds is 4. The second-order valence-corrected chi connectivity index (χ2v) is 7.60. The molecule has 0 radical (unpaired) electrons. The van der Waals surface area contributed by atoms with Crippen LogP contribution in [0.4, 0.5) is 0 Å². The second-order valence-electron chi connectivity index (χ2n) is 6.73. The summed E-state index contributed by atoms with van der Waals surface area (Å²) in [6.45, 7) is 6.56. The second kappa shape index (κ2) is 6.58. The van der Waals surface area contributed by atoms with Crippen LogP contribution < -0.4 is 4.90 Å². The molecule has 1 aliphatic heterocycles. The topological polar surface area (TPSA) is 39.3 Å². The van der Waals surface area contributed by atoms with E-state index in [2.05, 4.69) is 33.8 Å². The van der Waals surface area contributed by atoms with Crippen LogP contribution in [0, 0.1) is 13.8 Å². The summed E-state index contributed by atoms with van der Waals surface area (Å²) in [4.78, 5) is 18.7. The largest absolute Gasteiger partial charge is 0.324 e. The number of thiazole rings is 1. The first kappa shape index (κ1) is 16.2. The van der Waals surface area contributed by atoms with Crippen LogP contribution in [0.25, 0.3) is 5.13 Å². The summed E-state index contributed by atoms with van der Waals surface area (Å²) in [6, 6.07) is 10.6. The Bertz CT molecular complexity index is 911. The average molecular weight is 352 g/mol. The van der Waals surface area contributed by atoms with Crippen molar-refractivity contribution in [3.63, 3.8) is 0 Å². The van der Waals surface area contributed by atoms with Crippen LogP contribution in [-0.2, 0) is 13.0 Å². The van der Waals surface area contributed by atoms with Gasteiger partial charge in [-0.15, -0.1) is 11.3 Å². The fraction of sp³-hybridized carbons (Fsp3) is 0.300. The Hall–Kier alpha value is -2.24. The molecule has 1 N–H and O–H groups in total. The highest BCUT2D eigenvalue weighted by Gasteiger charge is 2.24. The predicted octanol–water partition coefficient (Wildman–Crippen LogP) is 2.37. The van der Waals surface area contributed by atoms with Crippen molar-refractivity contribution < 1.29 is 9.69 Å². The molecule has 0 saturated carbocycles. The summed E-state index contributed by atoms with van der Waals surface area (Å²) >= 11 is 1.59. The number of ketones is 1. The molecule has 0 saturated heterocycles. The minimum atomic E-state index is 0.227. The van der Waals surface area contributed by atoms with Gasteiger partial charge in [-0.25, -0.2) is 4.98 Å². The predicted molar refractivity (Wildman–Crippen MR) is 99.8 cm³/mol. The number of carbonyl (C=O) groups is 1. The van der Waals surface area contributed by atoms with Crippen molar-refractivity contribution in [3.8, 4) is 5.13 Å². The Kier molecular flexibility index (Phi) is 4.27. The molecule has 1 atom stereocenters. The maximum Gasteiger partial charge on any atom is 0.218 e. The molecule has 128 valence electrons. The molecule has 2 aromatic heterocycles. The van der Waals surface area contributed by atoms with Gasteiger partial charge >= 0.3 is 0 Å². The smallest absolute Gasteiger partial charge is 0.218 e. The number of benzene rings is 1. The van der Waals surface area contributed by atoms with Crippen molar-refractivity contribution in [2.75, 3.05) is 13.1 Å². The molecule has 3 heterocycles. The first-order chi connectivity index (χ1) is 12.1. The van der Waals surface area contributed by atoms with E-state index in [0.717, 1.165) is 41.6 Å². The Morgan fingerprint density at radius 3 is 2.84 bits per heavy atom. The number of quaternary nitrogens is 1. The number of aryl methyl sites for hydroxylation is 1. The van der Waals surface area contributed by atoms with Crippen LogP contribution in [0.2, 0.25) is 0 Å². The highest BCUT2D eigenvalue weighted by Crippen LogP contribution is 2.22. The van der Waals surface area contributed by atoms with E-state index >= 15 is 0 Å². The van der Waals surface area contributed by atoms with Crippen LogP contribution in [0.15, 0.2) is 41.9 Å². The molecule has 3 aromatic rings. The Morgan fingerprint density at radius 2 is 2.08 bits per heavy atom. The summed E-state index contributed by atoms with van der Waals surface area (Å²) in [5, 5.41) is 2.89. The van der Waals surface area contributed by atoms with Crippen LogP contribution >= 0.6 is 11.3 Å². The van der Waals surface area contributed by atoms with Gasteiger partial charge in [0.25, 0.3) is 0 Å². The van der Waals surface area contributed by atoms with E-state index in [0.29, 0.717) is 6.54 Å². The summed E-state index contributed by atoms with van der Waals surface area (Å²) in [5.74, 6) is 0.227. The van der Waals surface area contributed by atoms with Gasteiger partial charge in [-0.2, -0.15) is 0 Å². The third-order valence-corrected chi connectivity index (χ3v) is 5.82. The van der Waals surface area contributed by atoms with E-state index in [4.69, 9.17) is 0 Å². The molecular weight excluding hydrogens is 330 g/mol. The molecule has 4 nitrogen and oxygen atoms in total. The first-order valence-corrected chi connectivity index (χ1v) is 9.54. The van der Waals surface area contributed by atoms with Crippen molar-refractivity contribution in [2.45, 2.75) is 26.8 Å². The van der Waals surface area contributed by atoms with E-state index < -0.39 is 0 Å². The highest BCUT2D eigenvalue weighted by molar-refractivity contribution is 7.12. The molecule has 1 aromatic carbocycles. The van der Waals surface area contributed by atoms with E-state index in [1.807, 2.05) is 25.3 Å². The lowest BCUT2D eigenvalue weighted by Crippen LogP contribution is -3.12. The molecule has 5 heteroatoms. The van der Waals surface area contributed by atoms with Gasteiger partial charge in [0.05, 0.1) is 6.54 Å². The maximum atomic E-state index is 12.9. The summed E-state index contributed by atoms with van der Waals surface area (Å²) < 4.78 is 2.08. The van der Waals surface area contributed by atoms with Crippen molar-refractivity contribution in [2.24, 2.45) is 0 Å². The molecule has 1 aliphatic rings. The van der Waals surface area contributed by atoms with Gasteiger partial charge in [0.15, 0.2) is 5.13 Å². The minimum absolute atomic E-state index is 0.227. The maximum absolute atomic E-state index is 12.9. The van der Waals surface area contributed by atoms with Gasteiger partial charge in [0.1, 0.15) is 13.1 Å². The monoisotopic (exact) mass is 352 g/mol. The van der Waals surface area contributed by atoms with E-state index in [1.54, 1.807) is 17.5 Å². The Balaban J connectivity index is 1.54. The molecule has 0 aliphatic carbocycles. The van der Waals surface area contributed by atoms with E-state index in [1.165, 1.54) is 16.0 Å². The molecule has 0 fully saturated rings. The summed E-state index contributed by atoms with van der Waals surface area (Å²) in [6.07, 6.45) is 2.85. The first-order valence-electron chi connectivity index (χ1n) is 8.66. The highest BCUT2D eigenvalue weighted by atomic mass is 32.1. The zero-order chi connectivity index (χ0) is 17.4. The lowest BCUT2D eigenvalue weighted by Gasteiger charge is -2.25. The van der Waals surface area contributed by atoms with E-state index in [9.17, 15) is 4.79 Å². The molecule has 0 bridgehead atoms. The number of hydrogen-bond acceptors (Lipinski definition) is 3.